The van der Waals surface area contributed by atoms with E-state index >= 15 is 0 Å². The first-order valence-electron chi connectivity index (χ1n) is 8.11. The quantitative estimate of drug-likeness (QED) is 0.736. The Hall–Kier alpha value is -3.72. The average Bonchev–Trinajstić information content (AvgIpc) is 3.03. The number of hydrogen-bond acceptors (Lipinski definition) is 6. The summed E-state index contributed by atoms with van der Waals surface area (Å²) in [6, 6.07) is 18.4. The van der Waals surface area contributed by atoms with Crippen molar-refractivity contribution in [3.8, 4) is 11.8 Å². The minimum atomic E-state index is -0.451. The number of para-hydroxylation sites is 1. The van der Waals surface area contributed by atoms with Gasteiger partial charge in [0.25, 0.3) is 0 Å². The predicted molar refractivity (Wildman–Crippen MR) is 96.6 cm³/mol. The van der Waals surface area contributed by atoms with Crippen LogP contribution in [0, 0.1) is 18.3 Å². The lowest BCUT2D eigenvalue weighted by atomic mass is 9.86. The zero-order valence-electron chi connectivity index (χ0n) is 14.0. The largest absolute Gasteiger partial charge is 0.508 e. The number of rotatable bonds is 2. The summed E-state index contributed by atoms with van der Waals surface area (Å²) in [5.41, 5.74) is 9.01. The molecule has 0 spiro atoms. The van der Waals surface area contributed by atoms with Gasteiger partial charge in [-0.3, -0.25) is 4.90 Å². The van der Waals surface area contributed by atoms with E-state index in [-0.39, 0.29) is 5.75 Å². The predicted octanol–water partition coefficient (Wildman–Crippen LogP) is 3.67. The van der Waals surface area contributed by atoms with Crippen molar-refractivity contribution in [1.82, 2.24) is 4.98 Å². The molecule has 6 nitrogen and oxygen atoms in total. The molecule has 128 valence electrons. The second-order valence-electron chi connectivity index (χ2n) is 6.03. The third kappa shape index (κ3) is 2.38. The van der Waals surface area contributed by atoms with E-state index in [9.17, 15) is 10.4 Å². The molecule has 1 unspecified atom stereocenters. The van der Waals surface area contributed by atoms with Crippen LogP contribution in [0.2, 0.25) is 0 Å². The van der Waals surface area contributed by atoms with Crippen molar-refractivity contribution in [2.45, 2.75) is 12.8 Å². The highest BCUT2D eigenvalue weighted by molar-refractivity contribution is 5.73. The maximum atomic E-state index is 9.82. The first kappa shape index (κ1) is 15.8. The van der Waals surface area contributed by atoms with Gasteiger partial charge in [-0.05, 0) is 29.8 Å². The number of fused-ring (bicyclic) bond motifs is 1. The lowest BCUT2D eigenvalue weighted by Crippen LogP contribution is -2.31. The molecule has 0 bridgehead atoms. The number of aromatic hydroxyl groups is 1. The van der Waals surface area contributed by atoms with Crippen LogP contribution in [0.25, 0.3) is 0 Å². The summed E-state index contributed by atoms with van der Waals surface area (Å²) < 4.78 is 5.85. The number of nitriles is 1. The maximum absolute atomic E-state index is 9.82. The van der Waals surface area contributed by atoms with Gasteiger partial charge >= 0.3 is 0 Å². The maximum Gasteiger partial charge on any atom is 0.230 e. The summed E-state index contributed by atoms with van der Waals surface area (Å²) in [5, 5.41) is 19.4. The molecule has 6 heteroatoms. The van der Waals surface area contributed by atoms with Gasteiger partial charge in [-0.1, -0.05) is 30.3 Å². The molecular weight excluding hydrogens is 328 g/mol. The van der Waals surface area contributed by atoms with E-state index in [2.05, 4.69) is 11.1 Å². The Morgan fingerprint density at radius 2 is 1.85 bits per heavy atom. The Bertz CT molecular complexity index is 1030. The molecule has 0 amide bonds. The standard InChI is InChI=1S/C20H16N4O2/c1-12-23-18-17(13-7-9-15(25)10-8-13)16(11-21)19(22)24(20(18)26-12)14-5-3-2-4-6-14/h2-10,17,25H,22H2,1H3. The van der Waals surface area contributed by atoms with Crippen LogP contribution in [0.4, 0.5) is 11.6 Å². The van der Waals surface area contributed by atoms with Crippen LogP contribution in [0.15, 0.2) is 70.4 Å². The van der Waals surface area contributed by atoms with Gasteiger partial charge in [-0.15, -0.1) is 0 Å². The van der Waals surface area contributed by atoms with E-state index in [1.54, 1.807) is 36.1 Å². The number of benzene rings is 2. The lowest BCUT2D eigenvalue weighted by Gasteiger charge is -2.31. The van der Waals surface area contributed by atoms with E-state index in [0.717, 1.165) is 11.3 Å². The van der Waals surface area contributed by atoms with Crippen molar-refractivity contribution < 1.29 is 9.52 Å². The fourth-order valence-electron chi connectivity index (χ4n) is 3.24. The Morgan fingerprint density at radius 1 is 1.15 bits per heavy atom. The van der Waals surface area contributed by atoms with E-state index in [1.165, 1.54) is 0 Å². The lowest BCUT2D eigenvalue weighted by molar-refractivity contribution is 0.475. The Balaban J connectivity index is 1.96. The summed E-state index contributed by atoms with van der Waals surface area (Å²) >= 11 is 0. The number of phenolic OH excluding ortho intramolecular Hbond substituents is 1. The van der Waals surface area contributed by atoms with E-state index in [0.29, 0.717) is 28.9 Å². The Morgan fingerprint density at radius 3 is 2.50 bits per heavy atom. The topological polar surface area (TPSA) is 99.3 Å². The number of nitrogens with two attached hydrogens (primary N) is 1. The smallest absolute Gasteiger partial charge is 0.230 e. The van der Waals surface area contributed by atoms with E-state index in [1.807, 2.05) is 30.3 Å². The molecule has 2 aromatic carbocycles. The molecule has 26 heavy (non-hydrogen) atoms. The summed E-state index contributed by atoms with van der Waals surface area (Å²) in [7, 11) is 0. The number of hydrogen-bond donors (Lipinski definition) is 2. The molecular formula is C20H16N4O2. The number of oxazole rings is 1. The van der Waals surface area contributed by atoms with Crippen molar-refractivity contribution in [3.63, 3.8) is 0 Å². The third-order valence-corrected chi connectivity index (χ3v) is 4.38. The fraction of sp³-hybridized carbons (Fsp3) is 0.100. The molecule has 3 aromatic rings. The molecule has 0 fully saturated rings. The monoisotopic (exact) mass is 344 g/mol. The van der Waals surface area contributed by atoms with Crippen LogP contribution in [0.3, 0.4) is 0 Å². The van der Waals surface area contributed by atoms with Crippen LogP contribution >= 0.6 is 0 Å². The summed E-state index contributed by atoms with van der Waals surface area (Å²) in [6.45, 7) is 1.76. The molecule has 1 aliphatic heterocycles. The highest BCUT2D eigenvalue weighted by atomic mass is 16.4. The van der Waals surface area contributed by atoms with Gasteiger partial charge in [0.2, 0.25) is 5.88 Å². The van der Waals surface area contributed by atoms with E-state index in [4.69, 9.17) is 10.2 Å². The number of phenols is 1. The van der Waals surface area contributed by atoms with Gasteiger partial charge in [0.1, 0.15) is 17.3 Å². The highest BCUT2D eigenvalue weighted by Crippen LogP contribution is 2.46. The first-order valence-corrected chi connectivity index (χ1v) is 8.11. The van der Waals surface area contributed by atoms with Crippen molar-refractivity contribution in [2.75, 3.05) is 4.90 Å². The zero-order valence-corrected chi connectivity index (χ0v) is 14.0. The van der Waals surface area contributed by atoms with Gasteiger partial charge in [0.05, 0.1) is 23.2 Å². The summed E-state index contributed by atoms with van der Waals surface area (Å²) in [5.74, 6) is 1.01. The van der Waals surface area contributed by atoms with Crippen molar-refractivity contribution in [1.29, 1.82) is 5.26 Å². The minimum Gasteiger partial charge on any atom is -0.508 e. The molecule has 2 heterocycles. The number of allylic oxidation sites excluding steroid dienone is 1. The molecule has 4 rings (SSSR count). The van der Waals surface area contributed by atoms with Crippen LogP contribution in [-0.4, -0.2) is 10.1 Å². The molecule has 0 radical (unpaired) electrons. The summed E-state index contributed by atoms with van der Waals surface area (Å²) in [6.07, 6.45) is 0. The zero-order chi connectivity index (χ0) is 18.3. The molecule has 3 N–H and O–H groups in total. The van der Waals surface area contributed by atoms with Gasteiger partial charge in [-0.2, -0.15) is 5.26 Å². The Labute approximate surface area is 150 Å². The van der Waals surface area contributed by atoms with Crippen LogP contribution in [0.1, 0.15) is 23.1 Å². The van der Waals surface area contributed by atoms with Crippen LogP contribution in [0.5, 0.6) is 5.75 Å². The van der Waals surface area contributed by atoms with Gasteiger partial charge in [0.15, 0.2) is 5.89 Å². The average molecular weight is 344 g/mol. The number of aromatic nitrogens is 1. The van der Waals surface area contributed by atoms with Crippen molar-refractivity contribution in [2.24, 2.45) is 5.73 Å². The number of nitrogens with zero attached hydrogens (tertiary/aromatic N) is 3. The SMILES string of the molecule is Cc1nc2c(o1)N(c1ccccc1)C(N)=C(C#N)C2c1ccc(O)cc1. The molecule has 0 saturated heterocycles. The van der Waals surface area contributed by atoms with Crippen molar-refractivity contribution >= 4 is 11.6 Å². The van der Waals surface area contributed by atoms with Crippen LogP contribution in [-0.2, 0) is 0 Å². The molecule has 1 atom stereocenters. The molecule has 1 aromatic heterocycles. The summed E-state index contributed by atoms with van der Waals surface area (Å²) in [4.78, 5) is 6.24. The number of aryl methyl sites for hydroxylation is 1. The highest BCUT2D eigenvalue weighted by Gasteiger charge is 2.38. The minimum absolute atomic E-state index is 0.155. The number of anilines is 2. The van der Waals surface area contributed by atoms with Crippen LogP contribution < -0.4 is 10.6 Å². The second-order valence-corrected chi connectivity index (χ2v) is 6.03. The molecule has 1 aliphatic rings. The van der Waals surface area contributed by atoms with Gasteiger partial charge < -0.3 is 15.3 Å². The normalized spacial score (nSPS) is 16.3. The fourth-order valence-corrected chi connectivity index (χ4v) is 3.24. The van der Waals surface area contributed by atoms with Crippen molar-refractivity contribution in [3.05, 3.63) is 83.1 Å². The van der Waals surface area contributed by atoms with E-state index < -0.39 is 5.92 Å². The molecule has 0 saturated carbocycles. The van der Waals surface area contributed by atoms with Gasteiger partial charge in [-0.25, -0.2) is 4.98 Å². The third-order valence-electron chi connectivity index (χ3n) is 4.38. The molecule has 0 aliphatic carbocycles. The Kier molecular flexibility index (Phi) is 3.63. The first-order chi connectivity index (χ1) is 12.6. The van der Waals surface area contributed by atoms with Gasteiger partial charge in [0, 0.05) is 6.92 Å². The second kappa shape index (κ2) is 5.97.